The van der Waals surface area contributed by atoms with Crippen molar-refractivity contribution < 1.29 is 4.39 Å². The van der Waals surface area contributed by atoms with Crippen LogP contribution in [0.2, 0.25) is 0 Å². The second kappa shape index (κ2) is 6.94. The van der Waals surface area contributed by atoms with E-state index in [0.29, 0.717) is 0 Å². The molecule has 1 aromatic carbocycles. The van der Waals surface area contributed by atoms with Crippen molar-refractivity contribution in [3.8, 4) is 0 Å². The van der Waals surface area contributed by atoms with Gasteiger partial charge in [-0.1, -0.05) is 29.8 Å². The monoisotopic (exact) mass is 258 g/mol. The molecule has 1 aliphatic rings. The van der Waals surface area contributed by atoms with E-state index >= 15 is 0 Å². The van der Waals surface area contributed by atoms with Gasteiger partial charge in [0.1, 0.15) is 6.67 Å². The molecular formula is C13H20ClFN2. The number of rotatable bonds is 3. The van der Waals surface area contributed by atoms with E-state index in [9.17, 15) is 4.39 Å². The number of piperazine rings is 1. The third-order valence-corrected chi connectivity index (χ3v) is 3.20. The minimum absolute atomic E-state index is 0. The first-order valence-corrected chi connectivity index (χ1v) is 5.88. The fourth-order valence-electron chi connectivity index (χ4n) is 2.18. The summed E-state index contributed by atoms with van der Waals surface area (Å²) in [7, 11) is 0. The quantitative estimate of drug-likeness (QED) is 0.895. The zero-order valence-corrected chi connectivity index (χ0v) is 11.0. The Hall–Kier alpha value is -0.640. The van der Waals surface area contributed by atoms with Crippen LogP contribution >= 0.6 is 12.4 Å². The molecule has 1 aromatic rings. The van der Waals surface area contributed by atoms with Gasteiger partial charge in [0.05, 0.1) is 6.04 Å². The highest BCUT2D eigenvalue weighted by atomic mass is 35.5. The first-order valence-electron chi connectivity index (χ1n) is 5.88. The van der Waals surface area contributed by atoms with E-state index < -0.39 is 0 Å². The molecule has 1 saturated heterocycles. The van der Waals surface area contributed by atoms with Crippen LogP contribution in [-0.2, 0) is 0 Å². The largest absolute Gasteiger partial charge is 0.314 e. The first-order chi connectivity index (χ1) is 7.81. The normalized spacial score (nSPS) is 18.5. The molecule has 1 atom stereocenters. The molecule has 0 aliphatic carbocycles. The van der Waals surface area contributed by atoms with E-state index in [4.69, 9.17) is 0 Å². The van der Waals surface area contributed by atoms with Crippen LogP contribution in [0.5, 0.6) is 0 Å². The lowest BCUT2D eigenvalue weighted by Crippen LogP contribution is -2.45. The summed E-state index contributed by atoms with van der Waals surface area (Å²) in [6, 6.07) is 8.13. The molecule has 2 rings (SSSR count). The van der Waals surface area contributed by atoms with E-state index in [1.807, 2.05) is 12.1 Å². The average molecular weight is 259 g/mol. The molecule has 1 fully saturated rings. The number of nitrogens with zero attached hydrogens (tertiary/aromatic N) is 1. The number of nitrogens with one attached hydrogen (secondary N) is 1. The Kier molecular flexibility index (Phi) is 5.89. The van der Waals surface area contributed by atoms with E-state index in [0.717, 1.165) is 31.7 Å². The van der Waals surface area contributed by atoms with Gasteiger partial charge in [-0.25, -0.2) is 4.39 Å². The molecule has 2 nitrogen and oxygen atoms in total. The second-order valence-corrected chi connectivity index (χ2v) is 4.37. The predicted octanol–water partition coefficient (Wildman–Crippen LogP) is 2.33. The number of hydrogen-bond acceptors (Lipinski definition) is 2. The Morgan fingerprint density at radius 1 is 1.24 bits per heavy atom. The highest BCUT2D eigenvalue weighted by Gasteiger charge is 2.21. The molecule has 1 aliphatic heterocycles. The van der Waals surface area contributed by atoms with Crippen molar-refractivity contribution in [2.75, 3.05) is 32.9 Å². The molecule has 0 bridgehead atoms. The highest BCUT2D eigenvalue weighted by molar-refractivity contribution is 5.85. The Balaban J connectivity index is 0.00000144. The third kappa shape index (κ3) is 3.66. The van der Waals surface area contributed by atoms with E-state index in [2.05, 4.69) is 29.3 Å². The number of alkyl halides is 1. The minimum Gasteiger partial charge on any atom is -0.314 e. The molecule has 1 heterocycles. The molecule has 0 amide bonds. The maximum atomic E-state index is 13.2. The summed E-state index contributed by atoms with van der Waals surface area (Å²) in [5, 5.41) is 3.29. The molecule has 17 heavy (non-hydrogen) atoms. The number of benzene rings is 1. The van der Waals surface area contributed by atoms with Crippen molar-refractivity contribution in [3.05, 3.63) is 35.4 Å². The molecule has 0 unspecified atom stereocenters. The fourth-order valence-corrected chi connectivity index (χ4v) is 2.18. The summed E-state index contributed by atoms with van der Waals surface area (Å²) >= 11 is 0. The van der Waals surface area contributed by atoms with Gasteiger partial charge in [0, 0.05) is 26.2 Å². The Labute approximate surface area is 109 Å². The van der Waals surface area contributed by atoms with Crippen LogP contribution in [0.3, 0.4) is 0 Å². The highest BCUT2D eigenvalue weighted by Crippen LogP contribution is 2.21. The van der Waals surface area contributed by atoms with Gasteiger partial charge >= 0.3 is 0 Å². The van der Waals surface area contributed by atoms with E-state index in [1.165, 1.54) is 5.56 Å². The molecule has 0 radical (unpaired) electrons. The van der Waals surface area contributed by atoms with Gasteiger partial charge in [-0.05, 0) is 12.5 Å². The van der Waals surface area contributed by atoms with Crippen molar-refractivity contribution in [1.82, 2.24) is 10.2 Å². The van der Waals surface area contributed by atoms with Crippen LogP contribution < -0.4 is 5.32 Å². The zero-order chi connectivity index (χ0) is 11.4. The molecule has 0 spiro atoms. The van der Waals surface area contributed by atoms with Crippen molar-refractivity contribution in [3.63, 3.8) is 0 Å². The summed E-state index contributed by atoms with van der Waals surface area (Å²) in [6.07, 6.45) is 0. The van der Waals surface area contributed by atoms with Gasteiger partial charge in [-0.3, -0.25) is 4.90 Å². The summed E-state index contributed by atoms with van der Waals surface area (Å²) < 4.78 is 13.2. The van der Waals surface area contributed by atoms with Gasteiger partial charge < -0.3 is 5.32 Å². The minimum atomic E-state index is -0.303. The van der Waals surface area contributed by atoms with Crippen LogP contribution in [0.1, 0.15) is 17.2 Å². The lowest BCUT2D eigenvalue weighted by Gasteiger charge is -2.33. The molecule has 0 aromatic heterocycles. The van der Waals surface area contributed by atoms with Gasteiger partial charge in [0.25, 0.3) is 0 Å². The van der Waals surface area contributed by atoms with Crippen molar-refractivity contribution in [2.45, 2.75) is 13.0 Å². The van der Waals surface area contributed by atoms with Crippen LogP contribution in [0, 0.1) is 6.92 Å². The van der Waals surface area contributed by atoms with Gasteiger partial charge in [-0.2, -0.15) is 0 Å². The SMILES string of the molecule is Cc1ccc([C@@H](CF)N2CCNCC2)cc1.Cl. The standard InChI is InChI=1S/C13H19FN2.ClH/c1-11-2-4-12(5-3-11)13(10-14)16-8-6-15-7-9-16;/h2-5,13,15H,6-10H2,1H3;1H/t13-;/m1./s1. The zero-order valence-electron chi connectivity index (χ0n) is 10.2. The molecule has 96 valence electrons. The lowest BCUT2D eigenvalue weighted by molar-refractivity contribution is 0.147. The number of hydrogen-bond donors (Lipinski definition) is 1. The lowest BCUT2D eigenvalue weighted by atomic mass is 10.0. The van der Waals surface area contributed by atoms with Crippen LogP contribution in [0.25, 0.3) is 0 Å². The van der Waals surface area contributed by atoms with Gasteiger partial charge in [0.2, 0.25) is 0 Å². The van der Waals surface area contributed by atoms with Gasteiger partial charge in [-0.15, -0.1) is 12.4 Å². The van der Waals surface area contributed by atoms with E-state index in [-0.39, 0.29) is 25.1 Å². The van der Waals surface area contributed by atoms with Crippen molar-refractivity contribution >= 4 is 12.4 Å². The first kappa shape index (κ1) is 14.4. The molecule has 4 heteroatoms. The number of halogens is 2. The number of aryl methyl sites for hydroxylation is 1. The van der Waals surface area contributed by atoms with Crippen LogP contribution in [0.4, 0.5) is 4.39 Å². The smallest absolute Gasteiger partial charge is 0.109 e. The summed E-state index contributed by atoms with van der Waals surface area (Å²) in [5.41, 5.74) is 2.32. The van der Waals surface area contributed by atoms with Gasteiger partial charge in [0.15, 0.2) is 0 Å². The Bertz CT molecular complexity index is 323. The third-order valence-electron chi connectivity index (χ3n) is 3.20. The summed E-state index contributed by atoms with van der Waals surface area (Å²) in [6.45, 7) is 5.54. The van der Waals surface area contributed by atoms with Crippen LogP contribution in [0.15, 0.2) is 24.3 Å². The Morgan fingerprint density at radius 3 is 2.35 bits per heavy atom. The maximum absolute atomic E-state index is 13.2. The average Bonchev–Trinajstić information content (AvgIpc) is 2.34. The second-order valence-electron chi connectivity index (χ2n) is 4.37. The fraction of sp³-hybridized carbons (Fsp3) is 0.538. The predicted molar refractivity (Wildman–Crippen MR) is 71.6 cm³/mol. The summed E-state index contributed by atoms with van der Waals surface area (Å²) in [4.78, 5) is 2.22. The molecular weight excluding hydrogens is 239 g/mol. The van der Waals surface area contributed by atoms with E-state index in [1.54, 1.807) is 0 Å². The molecule has 0 saturated carbocycles. The Morgan fingerprint density at radius 2 is 1.82 bits per heavy atom. The maximum Gasteiger partial charge on any atom is 0.109 e. The summed E-state index contributed by atoms with van der Waals surface area (Å²) in [5.74, 6) is 0. The van der Waals surface area contributed by atoms with Crippen molar-refractivity contribution in [1.29, 1.82) is 0 Å². The van der Waals surface area contributed by atoms with Crippen LogP contribution in [-0.4, -0.2) is 37.8 Å². The topological polar surface area (TPSA) is 15.3 Å². The van der Waals surface area contributed by atoms with Crippen molar-refractivity contribution in [2.24, 2.45) is 0 Å². The molecule has 1 N–H and O–H groups in total.